The lowest BCUT2D eigenvalue weighted by atomic mass is 9.96. The average molecular weight is 197 g/mol. The van der Waals surface area contributed by atoms with Crippen molar-refractivity contribution in [1.82, 2.24) is 4.90 Å². The molecule has 0 N–H and O–H groups in total. The van der Waals surface area contributed by atoms with E-state index in [4.69, 9.17) is 4.74 Å². The molecule has 0 aromatic heterocycles. The van der Waals surface area contributed by atoms with Crippen LogP contribution in [0.4, 0.5) is 0 Å². The lowest BCUT2D eigenvalue weighted by Crippen LogP contribution is -2.37. The van der Waals surface area contributed by atoms with Crippen molar-refractivity contribution < 1.29 is 9.53 Å². The molecule has 2 unspecified atom stereocenters. The fourth-order valence-electron chi connectivity index (χ4n) is 2.34. The van der Waals surface area contributed by atoms with E-state index in [1.807, 2.05) is 0 Å². The minimum atomic E-state index is 0.0167. The normalized spacial score (nSPS) is 34.5. The molecule has 2 rings (SSSR count). The summed E-state index contributed by atoms with van der Waals surface area (Å²) in [5.74, 6) is 0.556. The van der Waals surface area contributed by atoms with Gasteiger partial charge in [-0.25, -0.2) is 0 Å². The van der Waals surface area contributed by atoms with Crippen molar-refractivity contribution in [2.75, 3.05) is 26.2 Å². The summed E-state index contributed by atoms with van der Waals surface area (Å²) in [5, 5.41) is 0. The quantitative estimate of drug-likeness (QED) is 0.625. The van der Waals surface area contributed by atoms with Crippen LogP contribution in [0.5, 0.6) is 0 Å². The molecular formula is C11H19NO2. The number of likely N-dealkylation sites (tertiary alicyclic amines) is 1. The molecule has 2 fully saturated rings. The summed E-state index contributed by atoms with van der Waals surface area (Å²) in [6.45, 7) is 5.98. The number of nitrogens with zero attached hydrogens (tertiary/aromatic N) is 1. The van der Waals surface area contributed by atoms with Crippen LogP contribution < -0.4 is 0 Å². The number of hydrogen-bond donors (Lipinski definition) is 0. The van der Waals surface area contributed by atoms with E-state index < -0.39 is 0 Å². The molecular weight excluding hydrogens is 178 g/mol. The van der Waals surface area contributed by atoms with E-state index in [9.17, 15) is 4.79 Å². The maximum absolute atomic E-state index is 11.4. The summed E-state index contributed by atoms with van der Waals surface area (Å²) in [7, 11) is 0. The van der Waals surface area contributed by atoms with Crippen LogP contribution in [0.1, 0.15) is 26.2 Å². The number of carbonyl (C=O) groups excluding carboxylic acids is 1. The predicted octanol–water partition coefficient (Wildman–Crippen LogP) is 1.28. The fraction of sp³-hybridized carbons (Fsp3) is 0.909. The van der Waals surface area contributed by atoms with E-state index >= 15 is 0 Å². The Morgan fingerprint density at radius 1 is 1.36 bits per heavy atom. The minimum absolute atomic E-state index is 0.0167. The average Bonchev–Trinajstić information content (AvgIpc) is 2.51. The second kappa shape index (κ2) is 4.30. The Kier molecular flexibility index (Phi) is 3.06. The van der Waals surface area contributed by atoms with Crippen LogP contribution in [0, 0.1) is 11.8 Å². The second-order valence-electron chi connectivity index (χ2n) is 4.58. The van der Waals surface area contributed by atoms with Gasteiger partial charge in [0.2, 0.25) is 0 Å². The predicted molar refractivity (Wildman–Crippen MR) is 53.9 cm³/mol. The molecule has 0 aliphatic carbocycles. The zero-order chi connectivity index (χ0) is 9.97. The molecule has 0 aromatic rings. The third kappa shape index (κ3) is 2.08. The van der Waals surface area contributed by atoms with E-state index in [1.165, 1.54) is 19.3 Å². The number of piperidine rings is 1. The Bertz CT molecular complexity index is 211. The Balaban J connectivity index is 1.85. The molecule has 0 aromatic carbocycles. The molecule has 3 heteroatoms. The Morgan fingerprint density at radius 3 is 2.64 bits per heavy atom. The molecule has 2 heterocycles. The molecule has 0 spiro atoms. The van der Waals surface area contributed by atoms with Crippen molar-refractivity contribution in [3.63, 3.8) is 0 Å². The van der Waals surface area contributed by atoms with Crippen molar-refractivity contribution in [3.8, 4) is 0 Å². The van der Waals surface area contributed by atoms with E-state index in [-0.39, 0.29) is 11.9 Å². The highest BCUT2D eigenvalue weighted by Crippen LogP contribution is 2.23. The van der Waals surface area contributed by atoms with Gasteiger partial charge in [-0.3, -0.25) is 4.79 Å². The molecule has 2 atom stereocenters. The standard InChI is InChI=1S/C11H19NO2/c1-9-8-14-11(13)10(9)7-12-5-3-2-4-6-12/h9-10H,2-8H2,1H3. The van der Waals surface area contributed by atoms with Gasteiger partial charge in [-0.2, -0.15) is 0 Å². The fourth-order valence-corrected chi connectivity index (χ4v) is 2.34. The molecule has 0 amide bonds. The summed E-state index contributed by atoms with van der Waals surface area (Å²) in [4.78, 5) is 13.8. The molecule has 14 heavy (non-hydrogen) atoms. The first-order chi connectivity index (χ1) is 6.77. The minimum Gasteiger partial charge on any atom is -0.465 e. The molecule has 0 radical (unpaired) electrons. The number of esters is 1. The summed E-state index contributed by atoms with van der Waals surface area (Å²) in [5.41, 5.74) is 0. The molecule has 2 aliphatic heterocycles. The first-order valence-corrected chi connectivity index (χ1v) is 5.66. The van der Waals surface area contributed by atoms with Crippen molar-refractivity contribution in [2.45, 2.75) is 26.2 Å². The highest BCUT2D eigenvalue weighted by atomic mass is 16.5. The van der Waals surface area contributed by atoms with Gasteiger partial charge in [-0.15, -0.1) is 0 Å². The van der Waals surface area contributed by atoms with Crippen molar-refractivity contribution in [3.05, 3.63) is 0 Å². The third-order valence-electron chi connectivity index (χ3n) is 3.38. The Hall–Kier alpha value is -0.570. The van der Waals surface area contributed by atoms with Gasteiger partial charge in [0.15, 0.2) is 0 Å². The van der Waals surface area contributed by atoms with Crippen LogP contribution in [0.15, 0.2) is 0 Å². The first kappa shape index (κ1) is 9.97. The van der Waals surface area contributed by atoms with Gasteiger partial charge in [-0.05, 0) is 25.9 Å². The van der Waals surface area contributed by atoms with Gasteiger partial charge in [-0.1, -0.05) is 13.3 Å². The lowest BCUT2D eigenvalue weighted by molar-refractivity contribution is -0.141. The van der Waals surface area contributed by atoms with E-state index in [0.29, 0.717) is 12.5 Å². The summed E-state index contributed by atoms with van der Waals surface area (Å²) in [6.07, 6.45) is 3.92. The zero-order valence-corrected chi connectivity index (χ0v) is 8.87. The zero-order valence-electron chi connectivity index (χ0n) is 8.87. The number of carbonyl (C=O) groups is 1. The lowest BCUT2D eigenvalue weighted by Gasteiger charge is -2.28. The van der Waals surface area contributed by atoms with E-state index in [1.54, 1.807) is 0 Å². The van der Waals surface area contributed by atoms with E-state index in [2.05, 4.69) is 11.8 Å². The van der Waals surface area contributed by atoms with Crippen molar-refractivity contribution in [1.29, 1.82) is 0 Å². The molecule has 0 bridgehead atoms. The molecule has 2 aliphatic rings. The third-order valence-corrected chi connectivity index (χ3v) is 3.38. The number of hydrogen-bond acceptors (Lipinski definition) is 3. The van der Waals surface area contributed by atoms with E-state index in [0.717, 1.165) is 19.6 Å². The number of rotatable bonds is 2. The number of ether oxygens (including phenoxy) is 1. The van der Waals surface area contributed by atoms with Crippen LogP contribution >= 0.6 is 0 Å². The van der Waals surface area contributed by atoms with Gasteiger partial charge >= 0.3 is 5.97 Å². The van der Waals surface area contributed by atoms with Crippen LogP contribution in [0.25, 0.3) is 0 Å². The topological polar surface area (TPSA) is 29.5 Å². The van der Waals surface area contributed by atoms with Crippen molar-refractivity contribution >= 4 is 5.97 Å². The van der Waals surface area contributed by atoms with Crippen LogP contribution in [-0.4, -0.2) is 37.1 Å². The van der Waals surface area contributed by atoms with Crippen LogP contribution in [-0.2, 0) is 9.53 Å². The second-order valence-corrected chi connectivity index (χ2v) is 4.58. The highest BCUT2D eigenvalue weighted by Gasteiger charge is 2.35. The molecule has 80 valence electrons. The first-order valence-electron chi connectivity index (χ1n) is 5.66. The maximum atomic E-state index is 11.4. The van der Waals surface area contributed by atoms with Gasteiger partial charge in [0.05, 0.1) is 12.5 Å². The largest absolute Gasteiger partial charge is 0.465 e. The highest BCUT2D eigenvalue weighted by molar-refractivity contribution is 5.74. The summed E-state index contributed by atoms with van der Waals surface area (Å²) < 4.78 is 5.05. The van der Waals surface area contributed by atoms with Crippen LogP contribution in [0.3, 0.4) is 0 Å². The number of cyclic esters (lactones) is 1. The smallest absolute Gasteiger partial charge is 0.310 e. The summed E-state index contributed by atoms with van der Waals surface area (Å²) >= 11 is 0. The Labute approximate surface area is 85.4 Å². The van der Waals surface area contributed by atoms with Crippen LogP contribution in [0.2, 0.25) is 0 Å². The molecule has 3 nitrogen and oxygen atoms in total. The monoisotopic (exact) mass is 197 g/mol. The summed E-state index contributed by atoms with van der Waals surface area (Å²) in [6, 6.07) is 0. The molecule has 2 saturated heterocycles. The van der Waals surface area contributed by atoms with Gasteiger partial charge in [0.25, 0.3) is 0 Å². The van der Waals surface area contributed by atoms with Gasteiger partial charge in [0.1, 0.15) is 0 Å². The maximum Gasteiger partial charge on any atom is 0.310 e. The molecule has 0 saturated carbocycles. The van der Waals surface area contributed by atoms with Gasteiger partial charge in [0, 0.05) is 12.5 Å². The van der Waals surface area contributed by atoms with Gasteiger partial charge < -0.3 is 9.64 Å². The Morgan fingerprint density at radius 2 is 2.07 bits per heavy atom. The van der Waals surface area contributed by atoms with Crippen molar-refractivity contribution in [2.24, 2.45) is 11.8 Å². The SMILES string of the molecule is CC1COC(=O)C1CN1CCCCC1.